The molecule has 0 heteroatoms. The van der Waals surface area contributed by atoms with E-state index in [4.69, 9.17) is 0 Å². The monoisotopic (exact) mass is 398 g/mol. The molecule has 4 aromatic rings. The van der Waals surface area contributed by atoms with Crippen LogP contribution in [0.15, 0.2) is 91.0 Å². The van der Waals surface area contributed by atoms with E-state index < -0.39 is 0 Å². The van der Waals surface area contributed by atoms with Gasteiger partial charge in [0.2, 0.25) is 0 Å². The van der Waals surface area contributed by atoms with Gasteiger partial charge in [-0.25, -0.2) is 0 Å². The van der Waals surface area contributed by atoms with Crippen molar-refractivity contribution in [2.24, 2.45) is 0 Å². The van der Waals surface area contributed by atoms with Crippen LogP contribution in [0.1, 0.15) is 67.8 Å². The number of rotatable bonds is 1. The Balaban J connectivity index is 1.59. The summed E-state index contributed by atoms with van der Waals surface area (Å²) >= 11 is 0. The minimum Gasteiger partial charge on any atom is -0.0620 e. The molecule has 3 aliphatic carbocycles. The zero-order valence-electron chi connectivity index (χ0n) is 18.1. The lowest BCUT2D eigenvalue weighted by molar-refractivity contribution is 0.370. The second-order valence-electron chi connectivity index (χ2n) is 9.88. The minimum absolute atomic E-state index is 0.130. The Bertz CT molecular complexity index is 1360. The Morgan fingerprint density at radius 3 is 2.16 bits per heavy atom. The maximum Gasteiger partial charge on any atom is 0.0201 e. The van der Waals surface area contributed by atoms with Gasteiger partial charge in [-0.15, -0.1) is 0 Å². The van der Waals surface area contributed by atoms with Crippen molar-refractivity contribution in [3.05, 3.63) is 141 Å². The smallest absolute Gasteiger partial charge is 0.0201 e. The first-order valence-corrected chi connectivity index (χ1v) is 11.5. The summed E-state index contributed by atoms with van der Waals surface area (Å²) in [4.78, 5) is 0. The van der Waals surface area contributed by atoms with Crippen LogP contribution >= 0.6 is 0 Å². The molecule has 4 atom stereocenters. The normalized spacial score (nSPS) is 26.7. The highest BCUT2D eigenvalue weighted by Crippen LogP contribution is 2.72. The van der Waals surface area contributed by atoms with E-state index in [-0.39, 0.29) is 5.41 Å². The van der Waals surface area contributed by atoms with Crippen molar-refractivity contribution in [1.82, 2.24) is 0 Å². The fraction of sp³-hybridized carbons (Fsp3) is 0.226. The van der Waals surface area contributed by atoms with Crippen molar-refractivity contribution in [3.63, 3.8) is 0 Å². The topological polar surface area (TPSA) is 0 Å². The van der Waals surface area contributed by atoms with E-state index in [9.17, 15) is 0 Å². The summed E-state index contributed by atoms with van der Waals surface area (Å²) < 4.78 is 0. The molecule has 0 saturated heterocycles. The van der Waals surface area contributed by atoms with Gasteiger partial charge in [-0.05, 0) is 64.8 Å². The molecular weight excluding hydrogens is 372 g/mol. The van der Waals surface area contributed by atoms with E-state index in [1.54, 1.807) is 33.4 Å². The van der Waals surface area contributed by atoms with E-state index in [1.165, 1.54) is 16.7 Å². The molecule has 0 radical (unpaired) electrons. The summed E-state index contributed by atoms with van der Waals surface area (Å²) in [6.45, 7) is 4.53. The average molecular weight is 399 g/mol. The lowest BCUT2D eigenvalue weighted by atomic mass is 9.67. The molecule has 0 fully saturated rings. The van der Waals surface area contributed by atoms with E-state index in [0.717, 1.165) is 6.42 Å². The number of benzene rings is 4. The summed E-state index contributed by atoms with van der Waals surface area (Å²) in [6.07, 6.45) is 1.14. The highest BCUT2D eigenvalue weighted by Gasteiger charge is 2.64. The third-order valence-electron chi connectivity index (χ3n) is 8.46. The van der Waals surface area contributed by atoms with Crippen molar-refractivity contribution >= 4 is 0 Å². The van der Waals surface area contributed by atoms with Crippen LogP contribution in [-0.2, 0) is 11.8 Å². The molecule has 0 N–H and O–H groups in total. The van der Waals surface area contributed by atoms with Gasteiger partial charge >= 0.3 is 0 Å². The highest BCUT2D eigenvalue weighted by atomic mass is 14.7. The van der Waals surface area contributed by atoms with Crippen LogP contribution in [0.3, 0.4) is 0 Å². The Labute approximate surface area is 184 Å². The molecule has 1 spiro atoms. The van der Waals surface area contributed by atoms with Crippen LogP contribution < -0.4 is 0 Å². The van der Waals surface area contributed by atoms with Gasteiger partial charge in [0.15, 0.2) is 0 Å². The number of aryl methyl sites for hydroxylation is 2. The third-order valence-corrected chi connectivity index (χ3v) is 8.46. The van der Waals surface area contributed by atoms with Gasteiger partial charge in [-0.2, -0.15) is 0 Å². The molecule has 0 nitrogen and oxygen atoms in total. The first-order valence-electron chi connectivity index (χ1n) is 11.5. The maximum atomic E-state index is 2.45. The van der Waals surface area contributed by atoms with Gasteiger partial charge in [0, 0.05) is 23.2 Å². The van der Waals surface area contributed by atoms with Crippen LogP contribution in [-0.4, -0.2) is 0 Å². The fourth-order valence-corrected chi connectivity index (χ4v) is 7.45. The zero-order valence-corrected chi connectivity index (χ0v) is 18.1. The summed E-state index contributed by atoms with van der Waals surface area (Å²) in [5.74, 6) is 1.36. The molecular formula is C31H26. The van der Waals surface area contributed by atoms with Crippen molar-refractivity contribution in [2.45, 2.75) is 43.4 Å². The van der Waals surface area contributed by atoms with E-state index >= 15 is 0 Å². The molecule has 0 aliphatic heterocycles. The quantitative estimate of drug-likeness (QED) is 0.319. The van der Waals surface area contributed by atoms with Crippen molar-refractivity contribution < 1.29 is 0 Å². The second-order valence-corrected chi connectivity index (χ2v) is 9.88. The molecule has 0 bridgehead atoms. The SMILES string of the molecule is Cc1ccc(C)c([C@@H]2c3ccccc3[C@@]34Cc5ccccc5[C@@H]3c3ccccc3[C@@H]24)c1. The van der Waals surface area contributed by atoms with Gasteiger partial charge in [0.1, 0.15) is 0 Å². The van der Waals surface area contributed by atoms with E-state index in [0.29, 0.717) is 17.8 Å². The largest absolute Gasteiger partial charge is 0.0620 e. The molecule has 150 valence electrons. The van der Waals surface area contributed by atoms with Crippen LogP contribution in [0.4, 0.5) is 0 Å². The van der Waals surface area contributed by atoms with Crippen molar-refractivity contribution in [2.75, 3.05) is 0 Å². The predicted octanol–water partition coefficient (Wildman–Crippen LogP) is 7.17. The van der Waals surface area contributed by atoms with Crippen LogP contribution in [0.5, 0.6) is 0 Å². The summed E-state index contributed by atoms with van der Waals surface area (Å²) in [6, 6.07) is 34.9. The summed E-state index contributed by atoms with van der Waals surface area (Å²) in [5, 5.41) is 0. The van der Waals surface area contributed by atoms with Crippen molar-refractivity contribution in [1.29, 1.82) is 0 Å². The Morgan fingerprint density at radius 1 is 0.645 bits per heavy atom. The number of hydrogen-bond donors (Lipinski definition) is 0. The standard InChI is InChI=1S/C31H26/c1-19-15-16-20(2)26(17-19)28-25-13-7-8-14-27(25)31-18-21-9-3-4-10-22(21)29(31)23-11-5-6-12-24(23)30(28)31/h3-17,28-30H,18H2,1-2H3/t28-,29+,30-,31-/m0/s1. The van der Waals surface area contributed by atoms with E-state index in [1.807, 2.05) is 0 Å². The maximum absolute atomic E-state index is 2.45. The van der Waals surface area contributed by atoms with Gasteiger partial charge in [0.05, 0.1) is 0 Å². The predicted molar refractivity (Wildman–Crippen MR) is 127 cm³/mol. The third kappa shape index (κ3) is 2.06. The zero-order chi connectivity index (χ0) is 20.7. The van der Waals surface area contributed by atoms with Crippen molar-refractivity contribution in [3.8, 4) is 0 Å². The van der Waals surface area contributed by atoms with Crippen LogP contribution in [0.2, 0.25) is 0 Å². The van der Waals surface area contributed by atoms with Crippen LogP contribution in [0.25, 0.3) is 0 Å². The molecule has 3 aliphatic rings. The summed E-state index contributed by atoms with van der Waals surface area (Å²) in [7, 11) is 0. The fourth-order valence-electron chi connectivity index (χ4n) is 7.45. The Kier molecular flexibility index (Phi) is 3.38. The molecule has 0 aromatic heterocycles. The van der Waals surface area contributed by atoms with E-state index in [2.05, 4.69) is 105 Å². The summed E-state index contributed by atoms with van der Waals surface area (Å²) in [5.41, 5.74) is 13.8. The second kappa shape index (κ2) is 5.98. The minimum atomic E-state index is 0.130. The number of hydrogen-bond acceptors (Lipinski definition) is 0. The Hall–Kier alpha value is -3.12. The van der Waals surface area contributed by atoms with Gasteiger partial charge in [-0.1, -0.05) is 96.6 Å². The van der Waals surface area contributed by atoms with Gasteiger partial charge in [0.25, 0.3) is 0 Å². The molecule has 0 unspecified atom stereocenters. The molecule has 7 rings (SSSR count). The molecule has 0 heterocycles. The molecule has 31 heavy (non-hydrogen) atoms. The van der Waals surface area contributed by atoms with Gasteiger partial charge in [-0.3, -0.25) is 0 Å². The molecule has 0 saturated carbocycles. The highest BCUT2D eigenvalue weighted by molar-refractivity contribution is 5.69. The van der Waals surface area contributed by atoms with Crippen LogP contribution in [0, 0.1) is 13.8 Å². The number of fused-ring (bicyclic) bond motifs is 6. The molecule has 4 aromatic carbocycles. The lowest BCUT2D eigenvalue weighted by Gasteiger charge is -2.34. The first kappa shape index (κ1) is 17.5. The first-order chi connectivity index (χ1) is 15.2. The average Bonchev–Trinajstić information content (AvgIpc) is 3.37. The van der Waals surface area contributed by atoms with Gasteiger partial charge < -0.3 is 0 Å². The lowest BCUT2D eigenvalue weighted by Crippen LogP contribution is -2.31. The molecule has 0 amide bonds. The Morgan fingerprint density at radius 2 is 1.32 bits per heavy atom.